The van der Waals surface area contributed by atoms with Crippen LogP contribution in [0.25, 0.3) is 32.6 Å². The summed E-state index contributed by atoms with van der Waals surface area (Å²) in [7, 11) is 0. The van der Waals surface area contributed by atoms with Crippen molar-refractivity contribution in [2.45, 2.75) is 6.54 Å². The number of hydrogen-bond acceptors (Lipinski definition) is 3. The lowest BCUT2D eigenvalue weighted by Gasteiger charge is -2.09. The van der Waals surface area contributed by atoms with Gasteiger partial charge in [0, 0.05) is 33.9 Å². The third-order valence-corrected chi connectivity index (χ3v) is 5.24. The van der Waals surface area contributed by atoms with Crippen LogP contribution in [0, 0.1) is 5.41 Å². The van der Waals surface area contributed by atoms with Crippen molar-refractivity contribution in [3.05, 3.63) is 96.1 Å². The zero-order valence-electron chi connectivity index (χ0n) is 16.0. The first kappa shape index (κ1) is 18.7. The van der Waals surface area contributed by atoms with Gasteiger partial charge in [0.1, 0.15) is 5.84 Å². The van der Waals surface area contributed by atoms with Crippen molar-refractivity contribution in [3.63, 3.8) is 0 Å². The highest BCUT2D eigenvalue weighted by molar-refractivity contribution is 6.10. The maximum absolute atomic E-state index is 7.75. The molecule has 7 N–H and O–H groups in total. The van der Waals surface area contributed by atoms with Crippen LogP contribution in [-0.2, 0) is 6.54 Å². The van der Waals surface area contributed by atoms with Crippen molar-refractivity contribution in [2.24, 2.45) is 17.4 Å². The molecular formula is C24H23N5. The monoisotopic (exact) mass is 381 g/mol. The van der Waals surface area contributed by atoms with Gasteiger partial charge >= 0.3 is 0 Å². The molecule has 5 aromatic rings. The van der Waals surface area contributed by atoms with Crippen LogP contribution in [0.15, 0.2) is 84.9 Å². The van der Waals surface area contributed by atoms with Crippen LogP contribution in [0.4, 0.5) is 0 Å². The van der Waals surface area contributed by atoms with E-state index in [-0.39, 0.29) is 5.84 Å². The Hall–Kier alpha value is -3.67. The third-order valence-electron chi connectivity index (χ3n) is 5.24. The molecule has 0 bridgehead atoms. The van der Waals surface area contributed by atoms with Crippen LogP contribution in [0.3, 0.4) is 0 Å². The smallest absolute Gasteiger partial charge is 0.122 e. The van der Waals surface area contributed by atoms with Crippen molar-refractivity contribution in [1.82, 2.24) is 4.57 Å². The molecule has 0 aliphatic rings. The Kier molecular flexibility index (Phi) is 4.99. The molecule has 0 radical (unpaired) electrons. The molecule has 4 aromatic carbocycles. The lowest BCUT2D eigenvalue weighted by Crippen LogP contribution is -2.10. The second-order valence-corrected chi connectivity index (χ2v) is 6.93. The molecule has 0 saturated heterocycles. The molecule has 0 spiro atoms. The van der Waals surface area contributed by atoms with E-state index in [9.17, 15) is 0 Å². The number of hydrogen-bond donors (Lipinski definition) is 4. The van der Waals surface area contributed by atoms with Gasteiger partial charge in [0.05, 0.1) is 0 Å². The Labute approximate surface area is 168 Å². The minimum absolute atomic E-state index is 0.100. The van der Waals surface area contributed by atoms with E-state index in [1.54, 1.807) is 0 Å². The van der Waals surface area contributed by atoms with E-state index in [1.807, 2.05) is 12.1 Å². The van der Waals surface area contributed by atoms with Crippen LogP contribution in [0.1, 0.15) is 11.1 Å². The predicted octanol–water partition coefficient (Wildman–Crippen LogP) is 4.10. The summed E-state index contributed by atoms with van der Waals surface area (Å²) in [4.78, 5) is 0. The first-order valence-corrected chi connectivity index (χ1v) is 9.37. The first-order chi connectivity index (χ1) is 14.2. The molecule has 1 aromatic heterocycles. The minimum Gasteiger partial charge on any atom is -0.384 e. The fourth-order valence-electron chi connectivity index (χ4n) is 3.91. The third kappa shape index (κ3) is 3.33. The van der Waals surface area contributed by atoms with E-state index < -0.39 is 0 Å². The molecule has 0 atom stereocenters. The number of benzene rings is 4. The van der Waals surface area contributed by atoms with Gasteiger partial charge in [-0.15, -0.1) is 0 Å². The fraction of sp³-hybridized carbons (Fsp3) is 0.0417. The summed E-state index contributed by atoms with van der Waals surface area (Å²) in [6, 6.07) is 29.6. The number of aromatic nitrogens is 1. The number of nitrogens with two attached hydrogens (primary N) is 3. The van der Waals surface area contributed by atoms with Crippen molar-refractivity contribution in [1.29, 1.82) is 5.41 Å². The molecule has 0 saturated carbocycles. The van der Waals surface area contributed by atoms with Crippen LogP contribution >= 0.6 is 0 Å². The van der Waals surface area contributed by atoms with Gasteiger partial charge in [0.15, 0.2) is 0 Å². The lowest BCUT2D eigenvalue weighted by molar-refractivity contribution is 0.870. The molecule has 29 heavy (non-hydrogen) atoms. The summed E-state index contributed by atoms with van der Waals surface area (Å²) in [6.07, 6.45) is 0. The molecule has 5 rings (SSSR count). The van der Waals surface area contributed by atoms with Crippen molar-refractivity contribution in [3.8, 4) is 0 Å². The van der Waals surface area contributed by atoms with Gasteiger partial charge in [-0.05, 0) is 46.7 Å². The fourth-order valence-corrected chi connectivity index (χ4v) is 3.91. The molecule has 0 aliphatic carbocycles. The zero-order valence-corrected chi connectivity index (χ0v) is 16.0. The SMILES string of the molecule is N=C(N)c1ccc2c(c1)c1ccccc1n2Cc1ccc2ccccc2c1.NN. The second kappa shape index (κ2) is 7.75. The van der Waals surface area contributed by atoms with Gasteiger partial charge in [-0.25, -0.2) is 0 Å². The topological polar surface area (TPSA) is 107 Å². The van der Waals surface area contributed by atoms with Gasteiger partial charge in [-0.1, -0.05) is 54.6 Å². The Morgan fingerprint density at radius 1 is 0.724 bits per heavy atom. The number of fused-ring (bicyclic) bond motifs is 4. The number of nitrogen functional groups attached to an aromatic ring is 1. The highest BCUT2D eigenvalue weighted by Gasteiger charge is 2.12. The van der Waals surface area contributed by atoms with Crippen LogP contribution in [0.2, 0.25) is 0 Å². The Morgan fingerprint density at radius 3 is 2.21 bits per heavy atom. The summed E-state index contributed by atoms with van der Waals surface area (Å²) in [5.41, 5.74) is 10.1. The summed E-state index contributed by atoms with van der Waals surface area (Å²) >= 11 is 0. The van der Waals surface area contributed by atoms with Gasteiger partial charge in [0.2, 0.25) is 0 Å². The van der Waals surface area contributed by atoms with E-state index in [0.29, 0.717) is 0 Å². The molecule has 5 heteroatoms. The van der Waals surface area contributed by atoms with Crippen LogP contribution in [0.5, 0.6) is 0 Å². The van der Waals surface area contributed by atoms with Crippen LogP contribution < -0.4 is 17.4 Å². The summed E-state index contributed by atoms with van der Waals surface area (Å²) in [5, 5.41) is 12.6. The van der Waals surface area contributed by atoms with E-state index in [1.165, 1.54) is 27.2 Å². The van der Waals surface area contributed by atoms with Crippen molar-refractivity contribution < 1.29 is 0 Å². The van der Waals surface area contributed by atoms with Gasteiger partial charge in [0.25, 0.3) is 0 Å². The molecule has 0 aliphatic heterocycles. The first-order valence-electron chi connectivity index (χ1n) is 9.37. The molecular weight excluding hydrogens is 358 g/mol. The maximum atomic E-state index is 7.75. The van der Waals surface area contributed by atoms with E-state index >= 15 is 0 Å². The Morgan fingerprint density at radius 2 is 1.41 bits per heavy atom. The standard InChI is InChI=1S/C24H19N3.H4N2/c25-24(26)19-11-12-23-21(14-19)20-7-3-4-8-22(20)27(23)15-16-9-10-17-5-1-2-6-18(17)13-16;1-2/h1-14H,15H2,(H3,25,26);1-2H2. The largest absolute Gasteiger partial charge is 0.384 e. The quantitative estimate of drug-likeness (QED) is 0.164. The molecule has 144 valence electrons. The number of amidine groups is 1. The van der Waals surface area contributed by atoms with E-state index in [4.69, 9.17) is 11.1 Å². The Bertz CT molecular complexity index is 1330. The number of hydrazine groups is 1. The zero-order chi connectivity index (χ0) is 20.4. The summed E-state index contributed by atoms with van der Waals surface area (Å²) in [5.74, 6) is 8.10. The van der Waals surface area contributed by atoms with Gasteiger partial charge < -0.3 is 10.3 Å². The minimum atomic E-state index is 0.100. The van der Waals surface area contributed by atoms with Gasteiger partial charge in [-0.3, -0.25) is 17.1 Å². The van der Waals surface area contributed by atoms with Gasteiger partial charge in [-0.2, -0.15) is 0 Å². The molecule has 0 amide bonds. The number of rotatable bonds is 3. The maximum Gasteiger partial charge on any atom is 0.122 e. The molecule has 0 fully saturated rings. The highest BCUT2D eigenvalue weighted by Crippen LogP contribution is 2.31. The highest BCUT2D eigenvalue weighted by atomic mass is 15.0. The van der Waals surface area contributed by atoms with E-state index in [2.05, 4.69) is 89.0 Å². The summed E-state index contributed by atoms with van der Waals surface area (Å²) < 4.78 is 2.35. The predicted molar refractivity (Wildman–Crippen MR) is 122 cm³/mol. The average molecular weight is 381 g/mol. The molecule has 5 nitrogen and oxygen atoms in total. The average Bonchev–Trinajstić information content (AvgIpc) is 3.08. The van der Waals surface area contributed by atoms with E-state index in [0.717, 1.165) is 23.0 Å². The lowest BCUT2D eigenvalue weighted by atomic mass is 10.1. The van der Waals surface area contributed by atoms with Crippen molar-refractivity contribution >= 4 is 38.4 Å². The van der Waals surface area contributed by atoms with Crippen LogP contribution in [-0.4, -0.2) is 10.4 Å². The second-order valence-electron chi connectivity index (χ2n) is 6.93. The molecule has 1 heterocycles. The normalized spacial score (nSPS) is 10.8. The number of nitrogens with one attached hydrogen (secondary N) is 1. The molecule has 0 unspecified atom stereocenters. The number of nitrogens with zero attached hydrogens (tertiary/aromatic N) is 1. The van der Waals surface area contributed by atoms with Crippen molar-refractivity contribution in [2.75, 3.05) is 0 Å². The Balaban J connectivity index is 0.000000994. The number of para-hydroxylation sites is 1. The summed E-state index contributed by atoms with van der Waals surface area (Å²) in [6.45, 7) is 0.800.